The Kier molecular flexibility index (Phi) is 5.39. The van der Waals surface area contributed by atoms with Crippen LogP contribution in [0.2, 0.25) is 0 Å². The Morgan fingerprint density at radius 2 is 2.33 bits per heavy atom. The lowest BCUT2D eigenvalue weighted by molar-refractivity contribution is -0.121. The predicted octanol–water partition coefficient (Wildman–Crippen LogP) is 3.57. The average molecular weight is 383 g/mol. The number of likely N-dealkylation sites (N-methyl/N-ethyl adjacent to an activating group) is 1. The van der Waals surface area contributed by atoms with Gasteiger partial charge in [-0.3, -0.25) is 9.69 Å². The van der Waals surface area contributed by atoms with E-state index >= 15 is 0 Å². The minimum Gasteiger partial charge on any atom is -0.478 e. The molecule has 0 spiro atoms. The number of amides is 1. The van der Waals surface area contributed by atoms with Crippen molar-refractivity contribution in [3.05, 3.63) is 33.1 Å². The molecule has 1 amide bonds. The Morgan fingerprint density at radius 1 is 1.57 bits per heavy atom. The zero-order valence-corrected chi connectivity index (χ0v) is 14.3. The zero-order chi connectivity index (χ0) is 15.4. The van der Waals surface area contributed by atoms with E-state index in [2.05, 4.69) is 15.9 Å². The van der Waals surface area contributed by atoms with E-state index in [0.29, 0.717) is 21.5 Å². The SMILES string of the molecule is CCN1C(=O)/C(=C/c2cc(Br)ccc2OCC#N)SC1=S. The summed E-state index contributed by atoms with van der Waals surface area (Å²) in [5, 5.41) is 8.62. The number of nitriles is 1. The van der Waals surface area contributed by atoms with E-state index in [-0.39, 0.29) is 12.5 Å². The number of carbonyl (C=O) groups excluding carboxylic acids is 1. The van der Waals surface area contributed by atoms with E-state index in [0.717, 1.165) is 10.0 Å². The highest BCUT2D eigenvalue weighted by atomic mass is 79.9. The molecule has 1 fully saturated rings. The van der Waals surface area contributed by atoms with Gasteiger partial charge in [0.15, 0.2) is 6.61 Å². The summed E-state index contributed by atoms with van der Waals surface area (Å²) in [5.41, 5.74) is 0.733. The Bertz CT molecular complexity index is 667. The van der Waals surface area contributed by atoms with Crippen LogP contribution in [0.1, 0.15) is 12.5 Å². The standard InChI is InChI=1S/C14H11BrN2O2S2/c1-2-17-13(18)12(21-14(17)20)8-9-7-10(15)3-4-11(9)19-6-5-16/h3-4,7-8H,2,6H2,1H3/b12-8-. The van der Waals surface area contributed by atoms with E-state index in [9.17, 15) is 4.79 Å². The van der Waals surface area contributed by atoms with Crippen molar-refractivity contribution >= 4 is 56.2 Å². The number of carbonyl (C=O) groups is 1. The Hall–Kier alpha value is -1.36. The van der Waals surface area contributed by atoms with Gasteiger partial charge < -0.3 is 4.74 Å². The van der Waals surface area contributed by atoms with Gasteiger partial charge in [0, 0.05) is 16.6 Å². The van der Waals surface area contributed by atoms with Gasteiger partial charge >= 0.3 is 0 Å². The normalized spacial score (nSPS) is 16.4. The Morgan fingerprint density at radius 3 is 2.95 bits per heavy atom. The third kappa shape index (κ3) is 3.64. The smallest absolute Gasteiger partial charge is 0.266 e. The fourth-order valence-electron chi connectivity index (χ4n) is 1.79. The van der Waals surface area contributed by atoms with Crippen LogP contribution in [0.15, 0.2) is 27.6 Å². The summed E-state index contributed by atoms with van der Waals surface area (Å²) >= 11 is 9.84. The van der Waals surface area contributed by atoms with Crippen LogP contribution in [0.3, 0.4) is 0 Å². The maximum absolute atomic E-state index is 12.2. The molecule has 1 aromatic rings. The molecule has 1 aromatic carbocycles. The third-order valence-electron chi connectivity index (χ3n) is 2.74. The average Bonchev–Trinajstić information content (AvgIpc) is 2.72. The quantitative estimate of drug-likeness (QED) is 0.588. The molecule has 1 aliphatic rings. The van der Waals surface area contributed by atoms with E-state index in [4.69, 9.17) is 22.2 Å². The van der Waals surface area contributed by atoms with Crippen molar-refractivity contribution in [3.8, 4) is 11.8 Å². The van der Waals surface area contributed by atoms with Crippen LogP contribution < -0.4 is 4.74 Å². The van der Waals surface area contributed by atoms with Gasteiger partial charge in [-0.05, 0) is 31.2 Å². The zero-order valence-electron chi connectivity index (χ0n) is 11.1. The molecule has 0 aliphatic carbocycles. The van der Waals surface area contributed by atoms with Gasteiger partial charge in [-0.15, -0.1) is 0 Å². The van der Waals surface area contributed by atoms with Crippen molar-refractivity contribution in [2.45, 2.75) is 6.92 Å². The van der Waals surface area contributed by atoms with Crippen LogP contribution in [-0.4, -0.2) is 28.3 Å². The van der Waals surface area contributed by atoms with E-state index < -0.39 is 0 Å². The van der Waals surface area contributed by atoms with E-state index in [1.165, 1.54) is 11.8 Å². The molecule has 108 valence electrons. The van der Waals surface area contributed by atoms with Crippen molar-refractivity contribution in [2.24, 2.45) is 0 Å². The van der Waals surface area contributed by atoms with E-state index in [1.807, 2.05) is 25.1 Å². The lowest BCUT2D eigenvalue weighted by Gasteiger charge is -2.10. The van der Waals surface area contributed by atoms with Crippen LogP contribution in [0.5, 0.6) is 5.75 Å². The first-order valence-corrected chi connectivity index (χ1v) is 8.13. The second-order valence-corrected chi connectivity index (χ2v) is 6.65. The highest BCUT2D eigenvalue weighted by molar-refractivity contribution is 9.10. The van der Waals surface area contributed by atoms with Gasteiger partial charge in [0.05, 0.1) is 4.91 Å². The molecule has 1 aliphatic heterocycles. The van der Waals surface area contributed by atoms with Gasteiger partial charge in [-0.1, -0.05) is 39.9 Å². The van der Waals surface area contributed by atoms with Crippen LogP contribution in [0, 0.1) is 11.3 Å². The van der Waals surface area contributed by atoms with Crippen molar-refractivity contribution in [2.75, 3.05) is 13.2 Å². The van der Waals surface area contributed by atoms with Gasteiger partial charge in [0.1, 0.15) is 16.1 Å². The minimum absolute atomic E-state index is 0.0433. The van der Waals surface area contributed by atoms with Gasteiger partial charge in [0.2, 0.25) is 0 Å². The van der Waals surface area contributed by atoms with Gasteiger partial charge in [-0.2, -0.15) is 5.26 Å². The fourth-order valence-corrected chi connectivity index (χ4v) is 3.54. The summed E-state index contributed by atoms with van der Waals surface area (Å²) in [7, 11) is 0. The first-order chi connectivity index (χ1) is 10.1. The summed E-state index contributed by atoms with van der Waals surface area (Å²) < 4.78 is 6.80. The molecule has 4 nitrogen and oxygen atoms in total. The molecule has 0 unspecified atom stereocenters. The molecule has 21 heavy (non-hydrogen) atoms. The number of rotatable bonds is 4. The number of benzene rings is 1. The second kappa shape index (κ2) is 7.07. The molecule has 0 bridgehead atoms. The largest absolute Gasteiger partial charge is 0.478 e. The lowest BCUT2D eigenvalue weighted by Crippen LogP contribution is -2.27. The van der Waals surface area contributed by atoms with Crippen LogP contribution in [-0.2, 0) is 4.79 Å². The maximum Gasteiger partial charge on any atom is 0.266 e. The van der Waals surface area contributed by atoms with Crippen molar-refractivity contribution < 1.29 is 9.53 Å². The third-order valence-corrected chi connectivity index (χ3v) is 4.61. The molecule has 0 saturated carbocycles. The molecule has 1 heterocycles. The van der Waals surface area contributed by atoms with Crippen LogP contribution in [0.4, 0.5) is 0 Å². The summed E-state index contributed by atoms with van der Waals surface area (Å²) in [5.74, 6) is 0.459. The highest BCUT2D eigenvalue weighted by Crippen LogP contribution is 2.34. The van der Waals surface area contributed by atoms with Crippen LogP contribution >= 0.6 is 39.9 Å². The molecular weight excluding hydrogens is 372 g/mol. The van der Waals surface area contributed by atoms with Crippen LogP contribution in [0.25, 0.3) is 6.08 Å². The summed E-state index contributed by atoms with van der Waals surface area (Å²) in [6, 6.07) is 7.34. The maximum atomic E-state index is 12.2. The number of nitrogens with zero attached hydrogens (tertiary/aromatic N) is 2. The molecular formula is C14H11BrN2O2S2. The Labute approximate surface area is 140 Å². The highest BCUT2D eigenvalue weighted by Gasteiger charge is 2.30. The number of ether oxygens (including phenoxy) is 1. The number of hydrogen-bond acceptors (Lipinski definition) is 5. The number of halogens is 1. The summed E-state index contributed by atoms with van der Waals surface area (Å²) in [4.78, 5) is 14.3. The molecule has 0 aromatic heterocycles. The number of hydrogen-bond donors (Lipinski definition) is 0. The van der Waals surface area contributed by atoms with Gasteiger partial charge in [0.25, 0.3) is 5.91 Å². The topological polar surface area (TPSA) is 53.3 Å². The second-order valence-electron chi connectivity index (χ2n) is 4.05. The summed E-state index contributed by atoms with van der Waals surface area (Å²) in [6.45, 7) is 2.39. The number of thiocarbonyl (C=S) groups is 1. The van der Waals surface area contributed by atoms with Crippen molar-refractivity contribution in [1.82, 2.24) is 4.90 Å². The Balaban J connectivity index is 2.36. The van der Waals surface area contributed by atoms with Gasteiger partial charge in [-0.25, -0.2) is 0 Å². The number of thioether (sulfide) groups is 1. The summed E-state index contributed by atoms with van der Waals surface area (Å²) in [6.07, 6.45) is 1.74. The molecule has 0 atom stereocenters. The minimum atomic E-state index is -0.0984. The van der Waals surface area contributed by atoms with Crippen molar-refractivity contribution in [3.63, 3.8) is 0 Å². The van der Waals surface area contributed by atoms with Crippen molar-refractivity contribution in [1.29, 1.82) is 5.26 Å². The fraction of sp³-hybridized carbons (Fsp3) is 0.214. The molecule has 0 radical (unpaired) electrons. The molecule has 1 saturated heterocycles. The van der Waals surface area contributed by atoms with E-state index in [1.54, 1.807) is 17.0 Å². The first-order valence-electron chi connectivity index (χ1n) is 6.11. The molecule has 0 N–H and O–H groups in total. The first kappa shape index (κ1) is 16.0. The molecule has 7 heteroatoms. The predicted molar refractivity (Wildman–Crippen MR) is 90.8 cm³/mol. The molecule has 2 rings (SSSR count). The monoisotopic (exact) mass is 382 g/mol. The lowest BCUT2D eigenvalue weighted by atomic mass is 10.2.